The Balaban J connectivity index is 1.21. The Kier molecular flexibility index (Phi) is 4.57. The molecule has 0 radical (unpaired) electrons. The Bertz CT molecular complexity index is 1490. The molecular formula is C25H26N6O. The molecule has 3 aromatic heterocycles. The lowest BCUT2D eigenvalue weighted by atomic mass is 9.89. The van der Waals surface area contributed by atoms with Gasteiger partial charge in [0.15, 0.2) is 0 Å². The van der Waals surface area contributed by atoms with Crippen molar-refractivity contribution in [1.82, 2.24) is 29.0 Å². The van der Waals surface area contributed by atoms with Gasteiger partial charge in [-0.25, -0.2) is 0 Å². The third-order valence-corrected chi connectivity index (χ3v) is 6.96. The van der Waals surface area contributed by atoms with Gasteiger partial charge in [0.1, 0.15) is 5.82 Å². The summed E-state index contributed by atoms with van der Waals surface area (Å²) in [6.07, 6.45) is 4.45. The van der Waals surface area contributed by atoms with Gasteiger partial charge in [0.25, 0.3) is 5.56 Å². The summed E-state index contributed by atoms with van der Waals surface area (Å²) < 4.78 is 3.77. The average molecular weight is 427 g/mol. The summed E-state index contributed by atoms with van der Waals surface area (Å²) in [5.74, 6) is 2.00. The summed E-state index contributed by atoms with van der Waals surface area (Å²) in [5.41, 5.74) is 3.53. The van der Waals surface area contributed by atoms with Crippen LogP contribution in [0, 0.1) is 6.92 Å². The number of benzene rings is 2. The third-order valence-electron chi connectivity index (χ3n) is 6.96. The van der Waals surface area contributed by atoms with Gasteiger partial charge in [-0.2, -0.15) is 0 Å². The molecule has 0 saturated carbocycles. The highest BCUT2D eigenvalue weighted by Crippen LogP contribution is 2.33. The van der Waals surface area contributed by atoms with Gasteiger partial charge in [-0.1, -0.05) is 30.3 Å². The van der Waals surface area contributed by atoms with Crippen LogP contribution < -0.4 is 5.56 Å². The van der Waals surface area contributed by atoms with Crippen LogP contribution >= 0.6 is 0 Å². The van der Waals surface area contributed by atoms with Crippen LogP contribution in [0.5, 0.6) is 0 Å². The fourth-order valence-electron chi connectivity index (χ4n) is 5.24. The summed E-state index contributed by atoms with van der Waals surface area (Å²) in [7, 11) is 0. The summed E-state index contributed by atoms with van der Waals surface area (Å²) in [5, 5.41) is 10.6. The van der Waals surface area contributed by atoms with Crippen LogP contribution in [0.2, 0.25) is 0 Å². The summed E-state index contributed by atoms with van der Waals surface area (Å²) in [4.78, 5) is 19.1. The maximum Gasteiger partial charge on any atom is 0.262 e. The normalized spacial score (nSPS) is 15.9. The van der Waals surface area contributed by atoms with E-state index in [2.05, 4.69) is 50.5 Å². The van der Waals surface area contributed by atoms with Crippen molar-refractivity contribution in [2.45, 2.75) is 32.2 Å². The van der Waals surface area contributed by atoms with Crippen LogP contribution in [-0.4, -0.2) is 48.7 Å². The van der Waals surface area contributed by atoms with Crippen molar-refractivity contribution in [3.8, 4) is 0 Å². The topological polar surface area (TPSA) is 71.2 Å². The molecule has 0 amide bonds. The number of likely N-dealkylation sites (tertiary alicyclic amines) is 1. The first-order valence-electron chi connectivity index (χ1n) is 11.3. The zero-order valence-corrected chi connectivity index (χ0v) is 18.2. The van der Waals surface area contributed by atoms with Crippen molar-refractivity contribution in [1.29, 1.82) is 0 Å². The van der Waals surface area contributed by atoms with Gasteiger partial charge >= 0.3 is 0 Å². The molecule has 1 fully saturated rings. The second-order valence-electron chi connectivity index (χ2n) is 8.76. The number of para-hydroxylation sites is 2. The van der Waals surface area contributed by atoms with Gasteiger partial charge in [0.05, 0.1) is 10.9 Å². The maximum atomic E-state index is 13.2. The zero-order valence-electron chi connectivity index (χ0n) is 18.2. The van der Waals surface area contributed by atoms with Crippen molar-refractivity contribution >= 4 is 27.6 Å². The van der Waals surface area contributed by atoms with Crippen molar-refractivity contribution in [2.75, 3.05) is 19.6 Å². The van der Waals surface area contributed by atoms with E-state index in [9.17, 15) is 4.79 Å². The van der Waals surface area contributed by atoms with Crippen LogP contribution in [0.1, 0.15) is 30.1 Å². The largest absolute Gasteiger partial charge is 0.361 e. The molecule has 7 heteroatoms. The minimum atomic E-state index is 0.00850. The highest BCUT2D eigenvalue weighted by Gasteiger charge is 2.23. The van der Waals surface area contributed by atoms with Gasteiger partial charge in [0, 0.05) is 30.2 Å². The maximum absolute atomic E-state index is 13.2. The fraction of sp³-hybridized carbons (Fsp3) is 0.320. The molecule has 32 heavy (non-hydrogen) atoms. The molecular weight excluding hydrogens is 400 g/mol. The van der Waals surface area contributed by atoms with E-state index in [1.54, 1.807) is 4.57 Å². The van der Waals surface area contributed by atoms with E-state index in [0.29, 0.717) is 23.6 Å². The molecule has 4 heterocycles. The second kappa shape index (κ2) is 7.60. The first kappa shape index (κ1) is 19.3. The number of aromatic nitrogens is 5. The smallest absolute Gasteiger partial charge is 0.262 e. The molecule has 0 unspecified atom stereocenters. The van der Waals surface area contributed by atoms with Crippen molar-refractivity contribution in [3.05, 3.63) is 76.5 Å². The van der Waals surface area contributed by atoms with Crippen LogP contribution in [-0.2, 0) is 6.54 Å². The molecule has 1 saturated heterocycles. The molecule has 7 nitrogen and oxygen atoms in total. The van der Waals surface area contributed by atoms with E-state index >= 15 is 0 Å². The Hall–Kier alpha value is -3.45. The van der Waals surface area contributed by atoms with Crippen LogP contribution in [0.15, 0.2) is 59.5 Å². The van der Waals surface area contributed by atoms with Gasteiger partial charge < -0.3 is 9.88 Å². The number of nitrogens with one attached hydrogen (secondary N) is 1. The van der Waals surface area contributed by atoms with Crippen molar-refractivity contribution < 1.29 is 0 Å². The highest BCUT2D eigenvalue weighted by molar-refractivity contribution is 5.83. The Labute approximate surface area is 185 Å². The number of aromatic amines is 1. The number of hydrogen-bond acceptors (Lipinski definition) is 4. The number of piperidine rings is 1. The molecule has 6 rings (SSSR count). The lowest BCUT2D eigenvalue weighted by Gasteiger charge is -2.32. The summed E-state index contributed by atoms with van der Waals surface area (Å²) in [6, 6.07) is 16.3. The Morgan fingerprint density at radius 1 is 0.969 bits per heavy atom. The molecule has 162 valence electrons. The number of H-pyrrole nitrogens is 1. The molecule has 1 aliphatic rings. The number of fused-ring (bicyclic) bond motifs is 4. The highest BCUT2D eigenvalue weighted by atomic mass is 16.1. The van der Waals surface area contributed by atoms with Crippen LogP contribution in [0.3, 0.4) is 0 Å². The quantitative estimate of drug-likeness (QED) is 0.476. The fourth-order valence-corrected chi connectivity index (χ4v) is 5.24. The lowest BCUT2D eigenvalue weighted by Crippen LogP contribution is -2.37. The van der Waals surface area contributed by atoms with E-state index in [1.165, 1.54) is 16.5 Å². The van der Waals surface area contributed by atoms with Gasteiger partial charge in [-0.3, -0.25) is 13.8 Å². The first-order chi connectivity index (χ1) is 15.7. The molecule has 2 aromatic carbocycles. The predicted molar refractivity (Wildman–Crippen MR) is 126 cm³/mol. The van der Waals surface area contributed by atoms with E-state index in [1.807, 2.05) is 35.6 Å². The predicted octanol–water partition coefficient (Wildman–Crippen LogP) is 3.71. The summed E-state index contributed by atoms with van der Waals surface area (Å²) >= 11 is 0. The summed E-state index contributed by atoms with van der Waals surface area (Å²) in [6.45, 7) is 5.45. The number of aryl methyl sites for hydroxylation is 1. The Morgan fingerprint density at radius 2 is 1.72 bits per heavy atom. The third kappa shape index (κ3) is 3.04. The molecule has 5 aromatic rings. The van der Waals surface area contributed by atoms with Crippen LogP contribution in [0.4, 0.5) is 0 Å². The van der Waals surface area contributed by atoms with E-state index in [4.69, 9.17) is 0 Å². The van der Waals surface area contributed by atoms with Gasteiger partial charge in [-0.15, -0.1) is 10.2 Å². The Morgan fingerprint density at radius 3 is 2.56 bits per heavy atom. The molecule has 0 spiro atoms. The molecule has 0 atom stereocenters. The van der Waals surface area contributed by atoms with E-state index in [-0.39, 0.29) is 5.56 Å². The standard InChI is InChI=1S/C25H26N6O/c1-17-27-28-25-30(24(32)20-7-3-5-9-23(20)31(17)25)15-14-29-12-10-18(11-13-29)21-16-26-22-8-4-2-6-19(21)22/h2-9,16,18,26H,10-15H2,1H3. The number of hydrogen-bond donors (Lipinski definition) is 1. The van der Waals surface area contributed by atoms with Gasteiger partial charge in [-0.05, 0) is 62.5 Å². The van der Waals surface area contributed by atoms with Gasteiger partial charge in [0.2, 0.25) is 5.78 Å². The minimum Gasteiger partial charge on any atom is -0.361 e. The number of nitrogens with zero attached hydrogens (tertiary/aromatic N) is 5. The number of rotatable bonds is 4. The molecule has 1 aliphatic heterocycles. The van der Waals surface area contributed by atoms with Crippen molar-refractivity contribution in [3.63, 3.8) is 0 Å². The monoisotopic (exact) mass is 426 g/mol. The average Bonchev–Trinajstić information content (AvgIpc) is 3.43. The van der Waals surface area contributed by atoms with E-state index < -0.39 is 0 Å². The zero-order chi connectivity index (χ0) is 21.7. The molecule has 0 bridgehead atoms. The van der Waals surface area contributed by atoms with Crippen LogP contribution in [0.25, 0.3) is 27.6 Å². The van der Waals surface area contributed by atoms with Crippen molar-refractivity contribution in [2.24, 2.45) is 0 Å². The SMILES string of the molecule is Cc1nnc2n(CCN3CCC(c4c[nH]c5ccccc45)CC3)c(=O)c3ccccc3n12. The second-order valence-corrected chi connectivity index (χ2v) is 8.76. The first-order valence-corrected chi connectivity index (χ1v) is 11.3. The van der Waals surface area contributed by atoms with E-state index in [0.717, 1.165) is 43.8 Å². The minimum absolute atomic E-state index is 0.00850. The molecule has 0 aliphatic carbocycles. The molecule has 1 N–H and O–H groups in total. The lowest BCUT2D eigenvalue weighted by molar-refractivity contribution is 0.205.